The van der Waals surface area contributed by atoms with Gasteiger partial charge in [-0.1, -0.05) is 6.07 Å². The minimum Gasteiger partial charge on any atom is -0.412 e. The first-order valence-electron chi connectivity index (χ1n) is 10.2. The summed E-state index contributed by atoms with van der Waals surface area (Å²) in [4.78, 5) is 22.9. The van der Waals surface area contributed by atoms with E-state index in [0.29, 0.717) is 18.5 Å². The SMILES string of the molecule is Cc1ccc2cc([C@@H]3c4nc[nH]c4CCN3C(=O)c3nnc(-c4cnn(C)c4)o3)nn2c1. The van der Waals surface area contributed by atoms with Crippen molar-refractivity contribution in [2.24, 2.45) is 7.05 Å². The van der Waals surface area contributed by atoms with E-state index in [1.807, 2.05) is 35.8 Å². The monoisotopic (exact) mass is 429 g/mol. The molecule has 1 atom stereocenters. The Morgan fingerprint density at radius 2 is 2.16 bits per heavy atom. The van der Waals surface area contributed by atoms with Crippen LogP contribution in [0.25, 0.3) is 17.0 Å². The van der Waals surface area contributed by atoms with Crippen molar-refractivity contribution < 1.29 is 9.21 Å². The highest BCUT2D eigenvalue weighted by Gasteiger charge is 2.38. The van der Waals surface area contributed by atoms with E-state index >= 15 is 0 Å². The molecule has 1 aliphatic heterocycles. The number of nitrogens with one attached hydrogen (secondary N) is 1. The van der Waals surface area contributed by atoms with E-state index < -0.39 is 6.04 Å². The third-order valence-corrected chi connectivity index (χ3v) is 5.65. The topological polar surface area (TPSA) is 123 Å². The number of carbonyl (C=O) groups is 1. The molecule has 0 saturated heterocycles. The van der Waals surface area contributed by atoms with Crippen molar-refractivity contribution in [2.45, 2.75) is 19.4 Å². The second-order valence-corrected chi connectivity index (χ2v) is 7.88. The number of nitrogens with zero attached hydrogens (tertiary/aromatic N) is 8. The number of carbonyl (C=O) groups excluding carboxylic acids is 1. The predicted molar refractivity (Wildman–Crippen MR) is 112 cm³/mol. The third kappa shape index (κ3) is 2.89. The lowest BCUT2D eigenvalue weighted by atomic mass is 9.99. The fourth-order valence-corrected chi connectivity index (χ4v) is 4.12. The fraction of sp³-hybridized carbons (Fsp3) is 0.238. The highest BCUT2D eigenvalue weighted by atomic mass is 16.4. The number of hydrogen-bond donors (Lipinski definition) is 1. The molecule has 160 valence electrons. The first-order valence-corrected chi connectivity index (χ1v) is 10.2. The van der Waals surface area contributed by atoms with Gasteiger partial charge in [0.05, 0.1) is 35.0 Å². The van der Waals surface area contributed by atoms with Gasteiger partial charge in [0.1, 0.15) is 6.04 Å². The Morgan fingerprint density at radius 3 is 3.00 bits per heavy atom. The Morgan fingerprint density at radius 1 is 1.25 bits per heavy atom. The summed E-state index contributed by atoms with van der Waals surface area (Å²) in [5.41, 5.74) is 5.18. The molecule has 0 fully saturated rings. The third-order valence-electron chi connectivity index (χ3n) is 5.65. The van der Waals surface area contributed by atoms with Gasteiger partial charge in [-0.3, -0.25) is 9.48 Å². The van der Waals surface area contributed by atoms with Gasteiger partial charge >= 0.3 is 11.8 Å². The first kappa shape index (κ1) is 18.5. The average molecular weight is 429 g/mol. The number of fused-ring (bicyclic) bond motifs is 2. The van der Waals surface area contributed by atoms with E-state index in [2.05, 4.69) is 25.3 Å². The molecule has 1 amide bonds. The molecular formula is C21H19N9O2. The average Bonchev–Trinajstić information content (AvgIpc) is 3.57. The number of aromatic nitrogens is 8. The number of imidazole rings is 1. The van der Waals surface area contributed by atoms with Crippen molar-refractivity contribution in [3.8, 4) is 11.5 Å². The van der Waals surface area contributed by atoms with Gasteiger partial charge in [-0.2, -0.15) is 10.2 Å². The van der Waals surface area contributed by atoms with E-state index in [1.54, 1.807) is 35.4 Å². The number of hydrogen-bond acceptors (Lipinski definition) is 7. The Kier molecular flexibility index (Phi) is 3.97. The highest BCUT2D eigenvalue weighted by molar-refractivity contribution is 5.90. The minimum absolute atomic E-state index is 0.0764. The van der Waals surface area contributed by atoms with Crippen LogP contribution in [0.1, 0.15) is 39.4 Å². The van der Waals surface area contributed by atoms with Gasteiger partial charge < -0.3 is 14.3 Å². The van der Waals surface area contributed by atoms with Crippen LogP contribution >= 0.6 is 0 Å². The van der Waals surface area contributed by atoms with E-state index in [4.69, 9.17) is 9.52 Å². The number of aromatic amines is 1. The molecule has 1 aliphatic rings. The van der Waals surface area contributed by atoms with E-state index in [0.717, 1.165) is 28.2 Å². The van der Waals surface area contributed by atoms with Crippen molar-refractivity contribution >= 4 is 11.4 Å². The smallest absolute Gasteiger partial charge is 0.312 e. The molecule has 0 aliphatic carbocycles. The molecule has 11 heteroatoms. The Balaban J connectivity index is 1.40. The second-order valence-electron chi connectivity index (χ2n) is 7.88. The van der Waals surface area contributed by atoms with Crippen molar-refractivity contribution in [2.75, 3.05) is 6.54 Å². The normalized spacial score (nSPS) is 15.9. The summed E-state index contributed by atoms with van der Waals surface area (Å²) in [7, 11) is 1.79. The fourth-order valence-electron chi connectivity index (χ4n) is 4.12. The molecule has 0 unspecified atom stereocenters. The lowest BCUT2D eigenvalue weighted by Gasteiger charge is -2.32. The Labute approximate surface area is 181 Å². The van der Waals surface area contributed by atoms with Crippen LogP contribution in [0.4, 0.5) is 0 Å². The van der Waals surface area contributed by atoms with Gasteiger partial charge in [0.2, 0.25) is 0 Å². The summed E-state index contributed by atoms with van der Waals surface area (Å²) >= 11 is 0. The zero-order valence-corrected chi connectivity index (χ0v) is 17.4. The molecule has 32 heavy (non-hydrogen) atoms. The van der Waals surface area contributed by atoms with E-state index in [-0.39, 0.29) is 17.7 Å². The summed E-state index contributed by atoms with van der Waals surface area (Å²) < 4.78 is 9.16. The van der Waals surface area contributed by atoms with Crippen LogP contribution < -0.4 is 0 Å². The maximum Gasteiger partial charge on any atom is 0.312 e. The van der Waals surface area contributed by atoms with E-state index in [1.165, 1.54) is 0 Å². The van der Waals surface area contributed by atoms with Crippen LogP contribution in [0.3, 0.4) is 0 Å². The van der Waals surface area contributed by atoms with Gasteiger partial charge in [0, 0.05) is 38.1 Å². The molecule has 0 saturated carbocycles. The van der Waals surface area contributed by atoms with Crippen molar-refractivity contribution in [3.05, 3.63) is 71.7 Å². The van der Waals surface area contributed by atoms with Crippen LogP contribution in [0.15, 0.2) is 47.5 Å². The first-order chi connectivity index (χ1) is 15.6. The summed E-state index contributed by atoms with van der Waals surface area (Å²) in [5, 5.41) is 16.9. The second kappa shape index (κ2) is 6.87. The number of amides is 1. The molecule has 6 heterocycles. The number of rotatable bonds is 3. The molecule has 11 nitrogen and oxygen atoms in total. The van der Waals surface area contributed by atoms with Gasteiger partial charge in [-0.25, -0.2) is 9.50 Å². The van der Waals surface area contributed by atoms with Gasteiger partial charge in [0.25, 0.3) is 5.89 Å². The zero-order chi connectivity index (χ0) is 21.8. The van der Waals surface area contributed by atoms with Crippen LogP contribution in [0.2, 0.25) is 0 Å². The van der Waals surface area contributed by atoms with Crippen molar-refractivity contribution in [3.63, 3.8) is 0 Å². The maximum absolute atomic E-state index is 13.5. The Hall–Kier alpha value is -4.28. The summed E-state index contributed by atoms with van der Waals surface area (Å²) in [6.07, 6.45) is 7.62. The predicted octanol–water partition coefficient (Wildman–Crippen LogP) is 1.94. The van der Waals surface area contributed by atoms with Crippen LogP contribution in [-0.4, -0.2) is 56.9 Å². The summed E-state index contributed by atoms with van der Waals surface area (Å²) in [5.74, 6) is -0.189. The Bertz CT molecular complexity index is 1460. The molecule has 6 rings (SSSR count). The molecule has 0 bridgehead atoms. The lowest BCUT2D eigenvalue weighted by molar-refractivity contribution is 0.0646. The summed E-state index contributed by atoms with van der Waals surface area (Å²) in [6.45, 7) is 2.48. The minimum atomic E-state index is -0.466. The highest BCUT2D eigenvalue weighted by Crippen LogP contribution is 2.34. The molecule has 0 radical (unpaired) electrons. The quantitative estimate of drug-likeness (QED) is 0.465. The lowest BCUT2D eigenvalue weighted by Crippen LogP contribution is -2.41. The van der Waals surface area contributed by atoms with Gasteiger partial charge in [0.15, 0.2) is 0 Å². The summed E-state index contributed by atoms with van der Waals surface area (Å²) in [6, 6.07) is 5.54. The number of H-pyrrole nitrogens is 1. The molecule has 1 N–H and O–H groups in total. The molecule has 5 aromatic rings. The number of aryl methyl sites for hydroxylation is 2. The van der Waals surface area contributed by atoms with Crippen molar-refractivity contribution in [1.29, 1.82) is 0 Å². The van der Waals surface area contributed by atoms with Crippen LogP contribution in [-0.2, 0) is 13.5 Å². The molecular weight excluding hydrogens is 410 g/mol. The molecule has 0 spiro atoms. The molecule has 5 aromatic heterocycles. The number of pyridine rings is 1. The van der Waals surface area contributed by atoms with Crippen molar-refractivity contribution in [1.82, 2.24) is 44.5 Å². The molecule has 0 aromatic carbocycles. The largest absolute Gasteiger partial charge is 0.412 e. The zero-order valence-electron chi connectivity index (χ0n) is 17.4. The van der Waals surface area contributed by atoms with Crippen LogP contribution in [0.5, 0.6) is 0 Å². The maximum atomic E-state index is 13.5. The van der Waals surface area contributed by atoms with Crippen LogP contribution in [0, 0.1) is 6.92 Å². The van der Waals surface area contributed by atoms with E-state index in [9.17, 15) is 4.79 Å². The van der Waals surface area contributed by atoms with Gasteiger partial charge in [-0.05, 0) is 24.6 Å². The van der Waals surface area contributed by atoms with Gasteiger partial charge in [-0.15, -0.1) is 10.2 Å². The standard InChI is InChI=1S/C21H19N9O2/c1-12-3-4-14-7-16(27-30(14)9-12)18-17-15(22-11-23-17)5-6-29(18)21(31)20-26-25-19(32-20)13-8-24-28(2)10-13/h3-4,7-11,18H,5-6H2,1-2H3,(H,22,23)/t18-/m1/s1.